The van der Waals surface area contributed by atoms with Crippen LogP contribution in [-0.2, 0) is 11.3 Å². The van der Waals surface area contributed by atoms with Crippen molar-refractivity contribution in [3.05, 3.63) is 53.9 Å². The minimum Gasteiger partial charge on any atom is -0.338 e. The third-order valence-electron chi connectivity index (χ3n) is 5.21. The first kappa shape index (κ1) is 16.3. The second kappa shape index (κ2) is 6.29. The number of H-pyrrole nitrogens is 1. The molecule has 1 spiro atoms. The normalized spacial score (nSPS) is 19.1. The van der Waals surface area contributed by atoms with Gasteiger partial charge in [-0.15, -0.1) is 0 Å². The van der Waals surface area contributed by atoms with E-state index in [1.165, 1.54) is 6.20 Å². The number of carbonyl (C=O) groups excluding carboxylic acids is 3. The Balaban J connectivity index is 1.52. The molecule has 4 amide bonds. The minimum atomic E-state index is -0.889. The predicted octanol–water partition coefficient (Wildman–Crippen LogP) is 1.14. The number of amides is 4. The van der Waals surface area contributed by atoms with Gasteiger partial charge in [-0.1, -0.05) is 30.3 Å². The van der Waals surface area contributed by atoms with Crippen molar-refractivity contribution in [2.45, 2.75) is 24.9 Å². The molecule has 2 aromatic rings. The smallest absolute Gasteiger partial charge is 0.325 e. The van der Waals surface area contributed by atoms with E-state index in [0.717, 1.165) is 5.56 Å². The fourth-order valence-electron chi connectivity index (χ4n) is 3.71. The molecule has 2 N–H and O–H groups in total. The highest BCUT2D eigenvalue weighted by atomic mass is 16.2. The number of urea groups is 1. The van der Waals surface area contributed by atoms with Gasteiger partial charge < -0.3 is 9.80 Å². The Morgan fingerprint density at radius 2 is 1.88 bits per heavy atom. The zero-order valence-corrected chi connectivity index (χ0v) is 14.1. The van der Waals surface area contributed by atoms with Crippen LogP contribution < -0.4 is 5.32 Å². The minimum absolute atomic E-state index is 0.118. The number of rotatable bonds is 3. The summed E-state index contributed by atoms with van der Waals surface area (Å²) in [5.41, 5.74) is 0.572. The van der Waals surface area contributed by atoms with Crippen molar-refractivity contribution in [3.8, 4) is 0 Å². The Hall–Kier alpha value is -3.16. The molecule has 8 heteroatoms. The highest BCUT2D eigenvalue weighted by molar-refractivity contribution is 6.07. The Bertz CT molecular complexity index is 826. The molecule has 0 bridgehead atoms. The van der Waals surface area contributed by atoms with Crippen LogP contribution in [0, 0.1) is 0 Å². The molecule has 0 unspecified atom stereocenters. The lowest BCUT2D eigenvalue weighted by molar-refractivity contribution is -0.129. The number of aromatic amines is 1. The fraction of sp³-hybridized carbons (Fsp3) is 0.333. The molecular weight excluding hydrogens is 334 g/mol. The molecule has 2 fully saturated rings. The quantitative estimate of drug-likeness (QED) is 0.809. The maximum atomic E-state index is 12.6. The number of nitrogens with one attached hydrogen (secondary N) is 2. The van der Waals surface area contributed by atoms with E-state index in [-0.39, 0.29) is 17.8 Å². The van der Waals surface area contributed by atoms with Crippen LogP contribution >= 0.6 is 0 Å². The lowest BCUT2D eigenvalue weighted by atomic mass is 9.85. The average Bonchev–Trinajstić information content (AvgIpc) is 3.27. The molecule has 2 aliphatic heterocycles. The number of aromatic nitrogens is 2. The van der Waals surface area contributed by atoms with Crippen LogP contribution in [0.3, 0.4) is 0 Å². The third-order valence-corrected chi connectivity index (χ3v) is 5.21. The highest BCUT2D eigenvalue weighted by Crippen LogP contribution is 2.34. The Morgan fingerprint density at radius 1 is 1.15 bits per heavy atom. The molecule has 2 saturated heterocycles. The summed E-state index contributed by atoms with van der Waals surface area (Å²) in [6.45, 7) is 1.19. The maximum absolute atomic E-state index is 12.6. The van der Waals surface area contributed by atoms with E-state index in [1.54, 1.807) is 16.0 Å². The highest BCUT2D eigenvalue weighted by Gasteiger charge is 2.54. The molecule has 2 aliphatic rings. The van der Waals surface area contributed by atoms with Crippen LogP contribution in [0.4, 0.5) is 4.79 Å². The first-order valence-electron chi connectivity index (χ1n) is 8.55. The molecule has 0 atom stereocenters. The van der Waals surface area contributed by atoms with E-state index >= 15 is 0 Å². The molecule has 4 rings (SSSR count). The SMILES string of the molecule is O=C(c1cn[nH]c1)N1CCC2(CC1)C(=O)NC(=O)N2Cc1ccccc1. The summed E-state index contributed by atoms with van der Waals surface area (Å²) < 4.78 is 0. The van der Waals surface area contributed by atoms with Gasteiger partial charge in [0.05, 0.1) is 11.8 Å². The number of imide groups is 1. The van der Waals surface area contributed by atoms with Crippen molar-refractivity contribution in [2.75, 3.05) is 13.1 Å². The monoisotopic (exact) mass is 353 g/mol. The summed E-state index contributed by atoms with van der Waals surface area (Å²) in [4.78, 5) is 40.7. The van der Waals surface area contributed by atoms with Gasteiger partial charge in [-0.25, -0.2) is 4.79 Å². The van der Waals surface area contributed by atoms with E-state index in [4.69, 9.17) is 0 Å². The summed E-state index contributed by atoms with van der Waals surface area (Å²) in [5, 5.41) is 8.88. The van der Waals surface area contributed by atoms with E-state index in [9.17, 15) is 14.4 Å². The topological polar surface area (TPSA) is 98.4 Å². The molecule has 3 heterocycles. The Morgan fingerprint density at radius 3 is 2.54 bits per heavy atom. The predicted molar refractivity (Wildman–Crippen MR) is 92.0 cm³/mol. The summed E-state index contributed by atoms with van der Waals surface area (Å²) >= 11 is 0. The Labute approximate surface area is 150 Å². The van der Waals surface area contributed by atoms with Gasteiger partial charge in [0.15, 0.2) is 0 Å². The van der Waals surface area contributed by atoms with Crippen LogP contribution in [0.15, 0.2) is 42.7 Å². The third kappa shape index (κ3) is 2.63. The molecule has 134 valence electrons. The number of hydrogen-bond donors (Lipinski definition) is 2. The van der Waals surface area contributed by atoms with Gasteiger partial charge in [0.1, 0.15) is 5.54 Å². The number of hydrogen-bond acceptors (Lipinski definition) is 4. The molecule has 1 aromatic carbocycles. The molecule has 1 aromatic heterocycles. The largest absolute Gasteiger partial charge is 0.338 e. The van der Waals surface area contributed by atoms with Crippen molar-refractivity contribution in [1.29, 1.82) is 0 Å². The van der Waals surface area contributed by atoms with Gasteiger partial charge in [0.25, 0.3) is 11.8 Å². The van der Waals surface area contributed by atoms with Crippen molar-refractivity contribution >= 4 is 17.8 Å². The van der Waals surface area contributed by atoms with Crippen LogP contribution in [0.2, 0.25) is 0 Å². The second-order valence-electron chi connectivity index (χ2n) is 6.64. The number of piperidine rings is 1. The van der Waals surface area contributed by atoms with E-state index in [1.807, 2.05) is 30.3 Å². The lowest BCUT2D eigenvalue weighted by Crippen LogP contribution is -2.57. The summed E-state index contributed by atoms with van der Waals surface area (Å²) in [6, 6.07) is 9.22. The van der Waals surface area contributed by atoms with Gasteiger partial charge in [-0.05, 0) is 18.4 Å². The molecule has 8 nitrogen and oxygen atoms in total. The molecular formula is C18H19N5O3. The molecule has 0 aliphatic carbocycles. The van der Waals surface area contributed by atoms with Crippen molar-refractivity contribution in [3.63, 3.8) is 0 Å². The summed E-state index contributed by atoms with van der Waals surface area (Å²) in [7, 11) is 0. The lowest BCUT2D eigenvalue weighted by Gasteiger charge is -2.42. The van der Waals surface area contributed by atoms with Gasteiger partial charge in [-0.3, -0.25) is 20.0 Å². The zero-order chi connectivity index (χ0) is 18.1. The maximum Gasteiger partial charge on any atom is 0.325 e. The van der Waals surface area contributed by atoms with Crippen LogP contribution in [0.25, 0.3) is 0 Å². The number of benzene rings is 1. The molecule has 0 saturated carbocycles. The van der Waals surface area contributed by atoms with E-state index in [0.29, 0.717) is 38.0 Å². The van der Waals surface area contributed by atoms with E-state index in [2.05, 4.69) is 15.5 Å². The standard InChI is InChI=1S/C18H19N5O3/c24-15(14-10-19-20-11-14)22-8-6-18(7-9-22)16(25)21-17(26)23(18)12-13-4-2-1-3-5-13/h1-5,10-11H,6-9,12H2,(H,19,20)(H,21,25,26). The van der Waals surface area contributed by atoms with Crippen molar-refractivity contribution in [1.82, 2.24) is 25.3 Å². The van der Waals surface area contributed by atoms with Gasteiger partial charge in [0, 0.05) is 25.8 Å². The number of nitrogens with zero attached hydrogens (tertiary/aromatic N) is 3. The average molecular weight is 353 g/mol. The number of likely N-dealkylation sites (tertiary alicyclic amines) is 1. The van der Waals surface area contributed by atoms with Crippen molar-refractivity contribution in [2.24, 2.45) is 0 Å². The van der Waals surface area contributed by atoms with Gasteiger partial charge >= 0.3 is 6.03 Å². The zero-order valence-electron chi connectivity index (χ0n) is 14.1. The van der Waals surface area contributed by atoms with Crippen LogP contribution in [-0.4, -0.2) is 56.5 Å². The summed E-state index contributed by atoms with van der Waals surface area (Å²) in [6.07, 6.45) is 3.88. The number of carbonyl (C=O) groups is 3. The van der Waals surface area contributed by atoms with Crippen LogP contribution in [0.1, 0.15) is 28.8 Å². The molecule has 0 radical (unpaired) electrons. The fourth-order valence-corrected chi connectivity index (χ4v) is 3.71. The molecule has 26 heavy (non-hydrogen) atoms. The van der Waals surface area contributed by atoms with Gasteiger partial charge in [-0.2, -0.15) is 5.10 Å². The first-order valence-corrected chi connectivity index (χ1v) is 8.55. The van der Waals surface area contributed by atoms with Gasteiger partial charge in [0.2, 0.25) is 0 Å². The second-order valence-corrected chi connectivity index (χ2v) is 6.64. The summed E-state index contributed by atoms with van der Waals surface area (Å²) in [5.74, 6) is -0.387. The van der Waals surface area contributed by atoms with Crippen molar-refractivity contribution < 1.29 is 14.4 Å². The van der Waals surface area contributed by atoms with Crippen LogP contribution in [0.5, 0.6) is 0 Å². The first-order chi connectivity index (χ1) is 12.6. The Kier molecular flexibility index (Phi) is 3.95. The van der Waals surface area contributed by atoms with E-state index < -0.39 is 5.54 Å².